The van der Waals surface area contributed by atoms with Gasteiger partial charge in [0.1, 0.15) is 0 Å². The fraction of sp³-hybridized carbons (Fsp3) is 0.571. The Morgan fingerprint density at radius 3 is 2.46 bits per heavy atom. The summed E-state index contributed by atoms with van der Waals surface area (Å²) in [6, 6.07) is 0. The van der Waals surface area contributed by atoms with E-state index in [-0.39, 0.29) is 11.8 Å². The number of alkyl halides is 3. The van der Waals surface area contributed by atoms with Crippen molar-refractivity contribution in [1.82, 2.24) is 4.98 Å². The van der Waals surface area contributed by atoms with Crippen LogP contribution in [0.4, 0.5) is 13.2 Å². The number of hydrogen-bond donors (Lipinski definition) is 0. The zero-order valence-corrected chi connectivity index (χ0v) is 7.05. The predicted octanol–water partition coefficient (Wildman–Crippen LogP) is 2.70. The van der Waals surface area contributed by atoms with Crippen LogP contribution in [0.25, 0.3) is 0 Å². The van der Waals surface area contributed by atoms with E-state index in [1.54, 1.807) is 13.8 Å². The first kappa shape index (κ1) is 9.88. The summed E-state index contributed by atoms with van der Waals surface area (Å²) in [5.74, 6) is -0.402. The van der Waals surface area contributed by atoms with Crippen LogP contribution in [0.3, 0.4) is 0 Å². The quantitative estimate of drug-likeness (QED) is 0.727. The molecule has 0 spiro atoms. The smallest absolute Gasteiger partial charge is 0.445 e. The lowest BCUT2D eigenvalue weighted by Gasteiger charge is -2.03. The van der Waals surface area contributed by atoms with Crippen LogP contribution in [0.1, 0.15) is 25.7 Å². The molecule has 0 aliphatic heterocycles. The van der Waals surface area contributed by atoms with Crippen LogP contribution in [0.15, 0.2) is 10.7 Å². The van der Waals surface area contributed by atoms with E-state index >= 15 is 0 Å². The highest BCUT2D eigenvalue weighted by Crippen LogP contribution is 2.23. The molecule has 0 saturated heterocycles. The van der Waals surface area contributed by atoms with Gasteiger partial charge in [0, 0.05) is 5.92 Å². The molecule has 1 heterocycles. The summed E-state index contributed by atoms with van der Waals surface area (Å²) < 4.78 is 43.2. The molecule has 0 aliphatic rings. The molecule has 0 atom stereocenters. The Hall–Kier alpha value is -1.20. The normalized spacial score (nSPS) is 12.2. The molecular weight excluding hydrogens is 187 g/mol. The van der Waals surface area contributed by atoms with E-state index in [0.717, 1.165) is 6.26 Å². The Morgan fingerprint density at radius 1 is 1.46 bits per heavy atom. The lowest BCUT2D eigenvalue weighted by Crippen LogP contribution is -2.17. The van der Waals surface area contributed by atoms with E-state index in [1.165, 1.54) is 0 Å². The molecule has 1 rings (SSSR count). The molecule has 3 nitrogen and oxygen atoms in total. The summed E-state index contributed by atoms with van der Waals surface area (Å²) in [4.78, 5) is 3.49. The number of hydrogen-bond acceptors (Lipinski definition) is 3. The van der Waals surface area contributed by atoms with E-state index in [1.807, 2.05) is 0 Å². The molecule has 0 saturated carbocycles. The summed E-state index contributed by atoms with van der Waals surface area (Å²) in [5.41, 5.74) is 0. The molecule has 0 fully saturated rings. The van der Waals surface area contributed by atoms with Crippen LogP contribution in [0.5, 0.6) is 5.88 Å². The number of nitrogens with zero attached hydrogens (tertiary/aromatic N) is 1. The van der Waals surface area contributed by atoms with Gasteiger partial charge in [0.2, 0.25) is 0 Å². The molecule has 0 unspecified atom stereocenters. The van der Waals surface area contributed by atoms with Gasteiger partial charge >= 0.3 is 6.36 Å². The summed E-state index contributed by atoms with van der Waals surface area (Å²) in [6.07, 6.45) is -3.88. The topological polar surface area (TPSA) is 35.3 Å². The first-order valence-electron chi connectivity index (χ1n) is 3.59. The molecule has 1 aromatic heterocycles. The van der Waals surface area contributed by atoms with Crippen molar-refractivity contribution in [3.63, 3.8) is 0 Å². The number of ether oxygens (including phenoxy) is 1. The van der Waals surface area contributed by atoms with Gasteiger partial charge in [-0.25, -0.2) is 0 Å². The van der Waals surface area contributed by atoms with Crippen molar-refractivity contribution >= 4 is 0 Å². The third-order valence-electron chi connectivity index (χ3n) is 1.22. The molecule has 0 aromatic carbocycles. The minimum Gasteiger partial charge on any atom is -0.445 e. The van der Waals surface area contributed by atoms with Crippen LogP contribution < -0.4 is 4.74 Å². The van der Waals surface area contributed by atoms with Gasteiger partial charge in [-0.2, -0.15) is 4.98 Å². The van der Waals surface area contributed by atoms with Gasteiger partial charge in [-0.05, 0) is 0 Å². The highest BCUT2D eigenvalue weighted by atomic mass is 19.4. The highest BCUT2D eigenvalue weighted by Gasteiger charge is 2.32. The van der Waals surface area contributed by atoms with Crippen molar-refractivity contribution in [1.29, 1.82) is 0 Å². The third-order valence-corrected chi connectivity index (χ3v) is 1.22. The van der Waals surface area contributed by atoms with Gasteiger partial charge in [-0.15, -0.1) is 13.2 Å². The second-order valence-electron chi connectivity index (χ2n) is 2.73. The largest absolute Gasteiger partial charge is 0.574 e. The van der Waals surface area contributed by atoms with E-state index in [0.29, 0.717) is 0 Å². The van der Waals surface area contributed by atoms with Gasteiger partial charge in [-0.3, -0.25) is 0 Å². The van der Waals surface area contributed by atoms with Crippen molar-refractivity contribution in [2.24, 2.45) is 0 Å². The number of rotatable bonds is 2. The lowest BCUT2D eigenvalue weighted by atomic mass is 10.2. The first-order chi connectivity index (χ1) is 5.88. The van der Waals surface area contributed by atoms with E-state index < -0.39 is 12.2 Å². The fourth-order valence-corrected chi connectivity index (χ4v) is 0.703. The molecule has 74 valence electrons. The van der Waals surface area contributed by atoms with Gasteiger partial charge in [0.25, 0.3) is 5.88 Å². The average Bonchev–Trinajstić information content (AvgIpc) is 2.31. The maximum Gasteiger partial charge on any atom is 0.574 e. The zero-order valence-electron chi connectivity index (χ0n) is 7.05. The standard InChI is InChI=1S/C7H8F3NO2/c1-4(2)6-11-5(3-12-6)13-7(8,9)10/h3-4H,1-2H3. The van der Waals surface area contributed by atoms with Crippen LogP contribution in [0.2, 0.25) is 0 Å². The van der Waals surface area contributed by atoms with E-state index in [2.05, 4.69) is 9.72 Å². The van der Waals surface area contributed by atoms with Crippen molar-refractivity contribution < 1.29 is 22.3 Å². The first-order valence-corrected chi connectivity index (χ1v) is 3.59. The van der Waals surface area contributed by atoms with Crippen LogP contribution in [-0.4, -0.2) is 11.3 Å². The van der Waals surface area contributed by atoms with Crippen molar-refractivity contribution in [2.75, 3.05) is 0 Å². The second kappa shape index (κ2) is 3.27. The van der Waals surface area contributed by atoms with Gasteiger partial charge in [-0.1, -0.05) is 13.8 Å². The second-order valence-corrected chi connectivity index (χ2v) is 2.73. The van der Waals surface area contributed by atoms with Crippen molar-refractivity contribution in [3.8, 4) is 5.88 Å². The SMILES string of the molecule is CC(C)c1nc(OC(F)(F)F)co1. The molecule has 1 aromatic rings. The Balaban J connectivity index is 2.70. The molecule has 13 heavy (non-hydrogen) atoms. The van der Waals surface area contributed by atoms with Gasteiger partial charge < -0.3 is 9.15 Å². The average molecular weight is 195 g/mol. The molecule has 6 heteroatoms. The van der Waals surface area contributed by atoms with E-state index in [4.69, 9.17) is 4.42 Å². The molecule has 0 radical (unpaired) electrons. The Morgan fingerprint density at radius 2 is 2.08 bits per heavy atom. The molecule has 0 amide bonds. The number of oxazole rings is 1. The maximum atomic E-state index is 11.6. The third kappa shape index (κ3) is 2.96. The maximum absolute atomic E-state index is 11.6. The summed E-state index contributed by atoms with van der Waals surface area (Å²) in [6.45, 7) is 3.51. The minimum atomic E-state index is -4.72. The van der Waals surface area contributed by atoms with Crippen LogP contribution >= 0.6 is 0 Å². The molecule has 0 aliphatic carbocycles. The zero-order chi connectivity index (χ0) is 10.1. The summed E-state index contributed by atoms with van der Waals surface area (Å²) in [7, 11) is 0. The van der Waals surface area contributed by atoms with E-state index in [9.17, 15) is 13.2 Å². The summed E-state index contributed by atoms with van der Waals surface area (Å²) >= 11 is 0. The Kier molecular flexibility index (Phi) is 2.49. The van der Waals surface area contributed by atoms with Crippen LogP contribution in [0, 0.1) is 0 Å². The molecular formula is C7H8F3NO2. The fourth-order valence-electron chi connectivity index (χ4n) is 0.703. The predicted molar refractivity (Wildman–Crippen MR) is 37.3 cm³/mol. The van der Waals surface area contributed by atoms with Crippen molar-refractivity contribution in [3.05, 3.63) is 12.2 Å². The summed E-state index contributed by atoms with van der Waals surface area (Å²) in [5, 5.41) is 0. The van der Waals surface area contributed by atoms with Gasteiger partial charge in [0.05, 0.1) is 0 Å². The molecule has 0 bridgehead atoms. The molecule has 0 N–H and O–H groups in total. The van der Waals surface area contributed by atoms with Gasteiger partial charge in [0.15, 0.2) is 12.2 Å². The van der Waals surface area contributed by atoms with Crippen LogP contribution in [-0.2, 0) is 0 Å². The lowest BCUT2D eigenvalue weighted by molar-refractivity contribution is -0.276. The number of aromatic nitrogens is 1. The number of halogens is 3. The Bertz CT molecular complexity index is 280. The minimum absolute atomic E-state index is 0.0643. The highest BCUT2D eigenvalue weighted by molar-refractivity contribution is 5.05. The Labute approximate surface area is 72.5 Å². The van der Waals surface area contributed by atoms with Crippen molar-refractivity contribution in [2.45, 2.75) is 26.1 Å². The monoisotopic (exact) mass is 195 g/mol.